The number of allylic oxidation sites excluding steroid dienone is 1. The molecule has 0 saturated heterocycles. The van der Waals surface area contributed by atoms with Crippen LogP contribution in [0.15, 0.2) is 11.6 Å². The summed E-state index contributed by atoms with van der Waals surface area (Å²) >= 11 is 0. The summed E-state index contributed by atoms with van der Waals surface area (Å²) in [5.74, 6) is 0.280. The van der Waals surface area contributed by atoms with Crippen LogP contribution in [0.1, 0.15) is 79.6 Å². The van der Waals surface area contributed by atoms with Gasteiger partial charge < -0.3 is 10.2 Å². The van der Waals surface area contributed by atoms with Crippen LogP contribution in [0.3, 0.4) is 0 Å². The van der Waals surface area contributed by atoms with Crippen LogP contribution >= 0.6 is 0 Å². The summed E-state index contributed by atoms with van der Waals surface area (Å²) in [6.45, 7) is 11.0. The van der Waals surface area contributed by atoms with Crippen molar-refractivity contribution in [3.63, 3.8) is 0 Å². The number of rotatable bonds is 4. The van der Waals surface area contributed by atoms with E-state index in [1.54, 1.807) is 0 Å². The molecule has 2 rings (SSSR count). The Morgan fingerprint density at radius 3 is 2.48 bits per heavy atom. The van der Waals surface area contributed by atoms with Crippen molar-refractivity contribution in [3.05, 3.63) is 11.6 Å². The second kappa shape index (κ2) is 6.23. The molecule has 2 aliphatic carbocycles. The van der Waals surface area contributed by atoms with Gasteiger partial charge >= 0.3 is 5.97 Å². The van der Waals surface area contributed by atoms with E-state index < -0.39 is 11.6 Å². The van der Waals surface area contributed by atoms with Crippen LogP contribution in [-0.4, -0.2) is 21.8 Å². The minimum absolute atomic E-state index is 0.0169. The third-order valence-electron chi connectivity index (χ3n) is 7.60. The molecule has 23 heavy (non-hydrogen) atoms. The van der Waals surface area contributed by atoms with Crippen molar-refractivity contribution in [1.29, 1.82) is 0 Å². The first-order chi connectivity index (χ1) is 10.5. The van der Waals surface area contributed by atoms with Crippen molar-refractivity contribution < 1.29 is 15.0 Å². The second-order valence-electron chi connectivity index (χ2n) is 8.91. The van der Waals surface area contributed by atoms with Gasteiger partial charge in [-0.1, -0.05) is 32.8 Å². The Bertz CT molecular complexity index is 493. The minimum Gasteiger partial charge on any atom is -0.478 e. The number of hydrogen-bond acceptors (Lipinski definition) is 2. The Morgan fingerprint density at radius 1 is 1.22 bits per heavy atom. The average Bonchev–Trinajstić information content (AvgIpc) is 2.43. The van der Waals surface area contributed by atoms with Crippen molar-refractivity contribution in [3.8, 4) is 0 Å². The lowest BCUT2D eigenvalue weighted by molar-refractivity contribution is -0.192. The average molecular weight is 322 g/mol. The predicted molar refractivity (Wildman–Crippen MR) is 93.2 cm³/mol. The first-order valence-corrected chi connectivity index (χ1v) is 9.15. The summed E-state index contributed by atoms with van der Waals surface area (Å²) in [5.41, 5.74) is 0.520. The van der Waals surface area contributed by atoms with E-state index in [0.29, 0.717) is 11.8 Å². The lowest BCUT2D eigenvalue weighted by Crippen LogP contribution is -2.60. The lowest BCUT2D eigenvalue weighted by atomic mass is 9.43. The van der Waals surface area contributed by atoms with Crippen molar-refractivity contribution in [2.45, 2.75) is 85.2 Å². The fourth-order valence-corrected chi connectivity index (χ4v) is 5.49. The van der Waals surface area contributed by atoms with Crippen LogP contribution in [0, 0.1) is 22.7 Å². The number of aliphatic hydroxyl groups is 1. The topological polar surface area (TPSA) is 57.5 Å². The minimum atomic E-state index is -0.852. The van der Waals surface area contributed by atoms with Crippen molar-refractivity contribution in [2.24, 2.45) is 22.7 Å². The van der Waals surface area contributed by atoms with Crippen molar-refractivity contribution in [2.75, 3.05) is 0 Å². The Balaban J connectivity index is 2.25. The normalized spacial score (nSPS) is 44.7. The molecule has 132 valence electrons. The molecule has 0 aliphatic heterocycles. The largest absolute Gasteiger partial charge is 0.478 e. The first-order valence-electron chi connectivity index (χ1n) is 9.15. The van der Waals surface area contributed by atoms with E-state index in [9.17, 15) is 9.90 Å². The summed E-state index contributed by atoms with van der Waals surface area (Å²) in [4.78, 5) is 10.9. The van der Waals surface area contributed by atoms with Gasteiger partial charge in [0.2, 0.25) is 0 Å². The zero-order valence-corrected chi connectivity index (χ0v) is 15.5. The van der Waals surface area contributed by atoms with Crippen molar-refractivity contribution in [1.82, 2.24) is 0 Å². The molecule has 0 aromatic carbocycles. The zero-order chi connectivity index (χ0) is 17.5. The van der Waals surface area contributed by atoms with Gasteiger partial charge in [-0.2, -0.15) is 0 Å². The molecule has 2 saturated carbocycles. The number of carbonyl (C=O) groups is 1. The maximum atomic E-state index is 11.1. The molecule has 2 fully saturated rings. The fraction of sp³-hybridized carbons (Fsp3) is 0.850. The Kier molecular flexibility index (Phi) is 5.02. The predicted octanol–water partition coefficient (Wildman–Crippen LogP) is 4.79. The SMILES string of the molecule is CC(=CC(=O)O)CCC1(C)C(C)CCC2(C)C1CCCC2(C)O. The van der Waals surface area contributed by atoms with E-state index in [1.165, 1.54) is 12.5 Å². The molecule has 0 aromatic heterocycles. The summed E-state index contributed by atoms with van der Waals surface area (Å²) in [6, 6.07) is 0. The first kappa shape index (κ1) is 18.5. The highest BCUT2D eigenvalue weighted by Gasteiger charge is 2.59. The molecule has 5 atom stereocenters. The van der Waals surface area contributed by atoms with E-state index >= 15 is 0 Å². The number of carboxylic acids is 1. The van der Waals surface area contributed by atoms with Crippen LogP contribution in [0.25, 0.3) is 0 Å². The molecule has 5 unspecified atom stereocenters. The van der Waals surface area contributed by atoms with E-state index in [4.69, 9.17) is 5.11 Å². The van der Waals surface area contributed by atoms with E-state index in [1.807, 2.05) is 13.8 Å². The highest BCUT2D eigenvalue weighted by atomic mass is 16.4. The smallest absolute Gasteiger partial charge is 0.328 e. The monoisotopic (exact) mass is 322 g/mol. The molecular formula is C20H34O3. The summed E-state index contributed by atoms with van der Waals surface area (Å²) in [7, 11) is 0. The molecule has 0 bridgehead atoms. The fourth-order valence-electron chi connectivity index (χ4n) is 5.49. The third kappa shape index (κ3) is 3.22. The molecule has 3 heteroatoms. The van der Waals surface area contributed by atoms with Gasteiger partial charge in [0.1, 0.15) is 0 Å². The van der Waals surface area contributed by atoms with E-state index in [-0.39, 0.29) is 10.8 Å². The Labute approximate surface area is 141 Å². The number of fused-ring (bicyclic) bond motifs is 1. The van der Waals surface area contributed by atoms with Gasteiger partial charge in [-0.25, -0.2) is 4.79 Å². The lowest BCUT2D eigenvalue weighted by Gasteiger charge is -2.63. The van der Waals surface area contributed by atoms with E-state index in [0.717, 1.165) is 44.1 Å². The second-order valence-corrected chi connectivity index (χ2v) is 8.91. The highest BCUT2D eigenvalue weighted by molar-refractivity contribution is 5.80. The zero-order valence-electron chi connectivity index (χ0n) is 15.5. The van der Waals surface area contributed by atoms with Crippen molar-refractivity contribution >= 4 is 5.97 Å². The molecule has 0 amide bonds. The third-order valence-corrected chi connectivity index (χ3v) is 7.60. The summed E-state index contributed by atoms with van der Waals surface area (Å²) in [5, 5.41) is 20.0. The Hall–Kier alpha value is -0.830. The number of hydrogen-bond donors (Lipinski definition) is 2. The van der Waals surface area contributed by atoms with Crippen LogP contribution < -0.4 is 0 Å². The maximum Gasteiger partial charge on any atom is 0.328 e. The Morgan fingerprint density at radius 2 is 1.87 bits per heavy atom. The van der Waals surface area contributed by atoms with Crippen LogP contribution in [0.2, 0.25) is 0 Å². The molecule has 2 aliphatic rings. The van der Waals surface area contributed by atoms with Gasteiger partial charge in [0.25, 0.3) is 0 Å². The van der Waals surface area contributed by atoms with Crippen LogP contribution in [0.4, 0.5) is 0 Å². The van der Waals surface area contributed by atoms with Crippen LogP contribution in [0.5, 0.6) is 0 Å². The van der Waals surface area contributed by atoms with Gasteiger partial charge in [0, 0.05) is 6.08 Å². The van der Waals surface area contributed by atoms with Gasteiger partial charge in [0.05, 0.1) is 5.60 Å². The molecule has 3 nitrogen and oxygen atoms in total. The number of carboxylic acid groups (broad SMARTS) is 1. The molecule has 0 aromatic rings. The molecule has 0 radical (unpaired) electrons. The highest BCUT2D eigenvalue weighted by Crippen LogP contribution is 2.64. The summed E-state index contributed by atoms with van der Waals surface area (Å²) in [6.07, 6.45) is 8.64. The van der Waals surface area contributed by atoms with Gasteiger partial charge in [-0.3, -0.25) is 0 Å². The van der Waals surface area contributed by atoms with E-state index in [2.05, 4.69) is 20.8 Å². The number of aliphatic carboxylic acids is 1. The summed E-state index contributed by atoms with van der Waals surface area (Å²) < 4.78 is 0. The molecule has 2 N–H and O–H groups in total. The standard InChI is InChI=1S/C20H34O3/c1-14(13-17(21)22)8-11-18(3)15(2)9-12-19(4)16(18)7-6-10-20(19,5)23/h13,15-16,23H,6-12H2,1-5H3,(H,21,22). The van der Waals surface area contributed by atoms with Crippen LogP contribution in [-0.2, 0) is 4.79 Å². The van der Waals surface area contributed by atoms with Gasteiger partial charge in [-0.05, 0) is 75.0 Å². The quantitative estimate of drug-likeness (QED) is 0.732. The molecule has 0 heterocycles. The van der Waals surface area contributed by atoms with Gasteiger partial charge in [-0.15, -0.1) is 0 Å². The molecular weight excluding hydrogens is 288 g/mol. The van der Waals surface area contributed by atoms with Gasteiger partial charge in [0.15, 0.2) is 0 Å². The maximum absolute atomic E-state index is 11.1. The molecule has 0 spiro atoms.